The van der Waals surface area contributed by atoms with Crippen LogP contribution in [-0.2, 0) is 7.05 Å². The number of Topliss-reactive ketones (excluding diaryl/α,β-unsaturated/α-hetero) is 1. The summed E-state index contributed by atoms with van der Waals surface area (Å²) in [4.78, 5) is 16.0. The predicted octanol–water partition coefficient (Wildman–Crippen LogP) is 1.56. The molecule has 0 saturated heterocycles. The van der Waals surface area contributed by atoms with Crippen molar-refractivity contribution in [2.24, 2.45) is 7.05 Å². The Morgan fingerprint density at radius 1 is 1.44 bits per heavy atom. The molecule has 2 rings (SSSR count). The highest BCUT2D eigenvalue weighted by Crippen LogP contribution is 2.24. The molecule has 6 heteroatoms. The molecule has 2 heterocycles. The third-order valence-corrected chi connectivity index (χ3v) is 3.01. The Balaban J connectivity index is 2.17. The molecule has 0 unspecified atom stereocenters. The molecule has 0 aromatic carbocycles. The monoisotopic (exact) mass is 234 g/mol. The SMILES string of the molecule is CC(=O)c1ccc(Sc2nncn2C)cn1. The third kappa shape index (κ3) is 2.27. The first-order valence-electron chi connectivity index (χ1n) is 4.65. The molecule has 0 N–H and O–H groups in total. The second-order valence-corrected chi connectivity index (χ2v) is 4.30. The van der Waals surface area contributed by atoms with E-state index in [9.17, 15) is 4.79 Å². The van der Waals surface area contributed by atoms with Crippen LogP contribution >= 0.6 is 11.8 Å². The fourth-order valence-corrected chi connectivity index (χ4v) is 1.85. The molecule has 0 radical (unpaired) electrons. The van der Waals surface area contributed by atoms with Crippen molar-refractivity contribution in [3.63, 3.8) is 0 Å². The smallest absolute Gasteiger partial charge is 0.195 e. The Morgan fingerprint density at radius 2 is 2.25 bits per heavy atom. The Kier molecular flexibility index (Phi) is 3.00. The van der Waals surface area contributed by atoms with E-state index in [-0.39, 0.29) is 5.78 Å². The summed E-state index contributed by atoms with van der Waals surface area (Å²) in [5.41, 5.74) is 0.474. The van der Waals surface area contributed by atoms with E-state index in [0.717, 1.165) is 10.1 Å². The summed E-state index contributed by atoms with van der Waals surface area (Å²) in [5, 5.41) is 8.52. The number of aromatic nitrogens is 4. The minimum Gasteiger partial charge on any atom is -0.311 e. The van der Waals surface area contributed by atoms with E-state index in [1.54, 1.807) is 18.6 Å². The van der Waals surface area contributed by atoms with Crippen LogP contribution in [0.3, 0.4) is 0 Å². The summed E-state index contributed by atoms with van der Waals surface area (Å²) in [6.45, 7) is 1.50. The zero-order chi connectivity index (χ0) is 11.5. The van der Waals surface area contributed by atoms with Crippen molar-refractivity contribution < 1.29 is 4.79 Å². The van der Waals surface area contributed by atoms with Crippen LogP contribution in [0.5, 0.6) is 0 Å². The molecular formula is C10H10N4OS. The van der Waals surface area contributed by atoms with Gasteiger partial charge in [0.15, 0.2) is 10.9 Å². The lowest BCUT2D eigenvalue weighted by atomic mass is 10.3. The number of aryl methyl sites for hydroxylation is 1. The van der Waals surface area contributed by atoms with Gasteiger partial charge in [0.25, 0.3) is 0 Å². The minimum atomic E-state index is -0.0322. The summed E-state index contributed by atoms with van der Waals surface area (Å²) in [6, 6.07) is 3.56. The van der Waals surface area contributed by atoms with Gasteiger partial charge in [-0.3, -0.25) is 9.78 Å². The Morgan fingerprint density at radius 3 is 2.75 bits per heavy atom. The van der Waals surface area contributed by atoms with Crippen molar-refractivity contribution >= 4 is 17.5 Å². The first-order valence-corrected chi connectivity index (χ1v) is 5.47. The molecule has 0 aliphatic carbocycles. The molecule has 0 saturated carbocycles. The van der Waals surface area contributed by atoms with Gasteiger partial charge in [0, 0.05) is 25.1 Å². The van der Waals surface area contributed by atoms with Crippen molar-refractivity contribution in [3.05, 3.63) is 30.4 Å². The molecule has 0 fully saturated rings. The molecule has 2 aromatic rings. The molecule has 0 atom stereocenters. The zero-order valence-corrected chi connectivity index (χ0v) is 9.73. The fraction of sp³-hybridized carbons (Fsp3) is 0.200. The average molecular weight is 234 g/mol. The molecule has 82 valence electrons. The topological polar surface area (TPSA) is 60.7 Å². The lowest BCUT2D eigenvalue weighted by molar-refractivity contribution is 0.101. The van der Waals surface area contributed by atoms with E-state index in [4.69, 9.17) is 0 Å². The largest absolute Gasteiger partial charge is 0.311 e. The summed E-state index contributed by atoms with van der Waals surface area (Å²) < 4.78 is 1.82. The summed E-state index contributed by atoms with van der Waals surface area (Å²) >= 11 is 1.46. The average Bonchev–Trinajstić information content (AvgIpc) is 2.65. The van der Waals surface area contributed by atoms with Crippen molar-refractivity contribution in [3.8, 4) is 0 Å². The Bertz CT molecular complexity index is 506. The molecule has 5 nitrogen and oxygen atoms in total. The van der Waals surface area contributed by atoms with Crippen LogP contribution in [0.4, 0.5) is 0 Å². The van der Waals surface area contributed by atoms with Gasteiger partial charge >= 0.3 is 0 Å². The van der Waals surface area contributed by atoms with Crippen LogP contribution < -0.4 is 0 Å². The molecule has 16 heavy (non-hydrogen) atoms. The van der Waals surface area contributed by atoms with Gasteiger partial charge in [-0.25, -0.2) is 0 Å². The highest BCUT2D eigenvalue weighted by atomic mass is 32.2. The standard InChI is InChI=1S/C10H10N4OS/c1-7(15)9-4-3-8(5-11-9)16-10-13-12-6-14(10)2/h3-6H,1-2H3. The quantitative estimate of drug-likeness (QED) is 0.754. The van der Waals surface area contributed by atoms with E-state index in [0.29, 0.717) is 5.69 Å². The number of rotatable bonds is 3. The Hall–Kier alpha value is -1.69. The van der Waals surface area contributed by atoms with Gasteiger partial charge in [0.1, 0.15) is 12.0 Å². The van der Waals surface area contributed by atoms with E-state index >= 15 is 0 Å². The molecule has 0 aliphatic heterocycles. The second kappa shape index (κ2) is 4.44. The van der Waals surface area contributed by atoms with Gasteiger partial charge in [-0.1, -0.05) is 0 Å². The van der Waals surface area contributed by atoms with Gasteiger partial charge in [-0.05, 0) is 23.9 Å². The normalized spacial score (nSPS) is 10.4. The fourth-order valence-electron chi connectivity index (χ4n) is 1.12. The molecular weight excluding hydrogens is 224 g/mol. The first kappa shape index (κ1) is 10.8. The van der Waals surface area contributed by atoms with Crippen LogP contribution in [0.15, 0.2) is 34.7 Å². The van der Waals surface area contributed by atoms with Gasteiger partial charge in [-0.15, -0.1) is 10.2 Å². The maximum atomic E-state index is 11.0. The van der Waals surface area contributed by atoms with Crippen LogP contribution in [0, 0.1) is 0 Å². The summed E-state index contributed by atoms with van der Waals surface area (Å²) in [5.74, 6) is -0.0322. The molecule has 0 spiro atoms. The van der Waals surface area contributed by atoms with Crippen LogP contribution in [0.25, 0.3) is 0 Å². The van der Waals surface area contributed by atoms with Crippen molar-refractivity contribution in [2.45, 2.75) is 17.0 Å². The molecule has 0 bridgehead atoms. The van der Waals surface area contributed by atoms with Crippen LogP contribution in [-0.4, -0.2) is 25.5 Å². The van der Waals surface area contributed by atoms with Crippen molar-refractivity contribution in [2.75, 3.05) is 0 Å². The number of pyridine rings is 1. The van der Waals surface area contributed by atoms with E-state index in [1.165, 1.54) is 18.7 Å². The highest BCUT2D eigenvalue weighted by Gasteiger charge is 2.05. The maximum Gasteiger partial charge on any atom is 0.195 e. The molecule has 0 amide bonds. The number of hydrogen-bond donors (Lipinski definition) is 0. The van der Waals surface area contributed by atoms with Crippen LogP contribution in [0.1, 0.15) is 17.4 Å². The number of carbonyl (C=O) groups excluding carboxylic acids is 1. The van der Waals surface area contributed by atoms with E-state index in [2.05, 4.69) is 15.2 Å². The number of ketones is 1. The minimum absolute atomic E-state index is 0.0322. The highest BCUT2D eigenvalue weighted by molar-refractivity contribution is 7.99. The van der Waals surface area contributed by atoms with Gasteiger partial charge < -0.3 is 4.57 Å². The number of carbonyl (C=O) groups is 1. The third-order valence-electron chi connectivity index (χ3n) is 1.98. The summed E-state index contributed by atoms with van der Waals surface area (Å²) in [7, 11) is 1.87. The van der Waals surface area contributed by atoms with E-state index < -0.39 is 0 Å². The lowest BCUT2D eigenvalue weighted by Gasteiger charge is -2.00. The number of hydrogen-bond acceptors (Lipinski definition) is 5. The number of nitrogens with zero attached hydrogens (tertiary/aromatic N) is 4. The zero-order valence-electron chi connectivity index (χ0n) is 8.91. The lowest BCUT2D eigenvalue weighted by Crippen LogP contribution is -1.95. The van der Waals surface area contributed by atoms with Gasteiger partial charge in [0.05, 0.1) is 0 Å². The van der Waals surface area contributed by atoms with Crippen molar-refractivity contribution in [1.82, 2.24) is 19.7 Å². The Labute approximate surface area is 96.9 Å². The van der Waals surface area contributed by atoms with Gasteiger partial charge in [0.2, 0.25) is 0 Å². The van der Waals surface area contributed by atoms with Gasteiger partial charge in [-0.2, -0.15) is 0 Å². The van der Waals surface area contributed by atoms with Crippen LogP contribution in [0.2, 0.25) is 0 Å². The maximum absolute atomic E-state index is 11.0. The summed E-state index contributed by atoms with van der Waals surface area (Å²) in [6.07, 6.45) is 3.30. The molecule has 2 aromatic heterocycles. The first-order chi connectivity index (χ1) is 7.66. The van der Waals surface area contributed by atoms with Crippen molar-refractivity contribution in [1.29, 1.82) is 0 Å². The second-order valence-electron chi connectivity index (χ2n) is 3.26. The predicted molar refractivity (Wildman–Crippen MR) is 59.4 cm³/mol. The molecule has 0 aliphatic rings. The van der Waals surface area contributed by atoms with E-state index in [1.807, 2.05) is 17.7 Å².